The Hall–Kier alpha value is -0.150. The Morgan fingerprint density at radius 2 is 2.33 bits per heavy atom. The number of alkyl halides is 1. The fraction of sp³-hybridized carbons (Fsp3) is 1.00. The monoisotopic (exact) mass is 175 g/mol. The molecule has 3 atom stereocenters. The van der Waals surface area contributed by atoms with Gasteiger partial charge in [-0.05, 0) is 38.1 Å². The van der Waals surface area contributed by atoms with Gasteiger partial charge in [0.1, 0.15) is 0 Å². The molecule has 1 aliphatic heterocycles. The average molecular weight is 175 g/mol. The number of aliphatic hydroxyl groups excluding tert-OH is 1. The molecule has 1 rings (SSSR count). The third-order valence-corrected chi connectivity index (χ3v) is 2.63. The number of halogens is 1. The second kappa shape index (κ2) is 4.77. The predicted molar refractivity (Wildman–Crippen MR) is 46.7 cm³/mol. The third kappa shape index (κ3) is 2.72. The van der Waals surface area contributed by atoms with Crippen LogP contribution in [0.15, 0.2) is 0 Å². The van der Waals surface area contributed by atoms with Crippen molar-refractivity contribution in [3.05, 3.63) is 0 Å². The summed E-state index contributed by atoms with van der Waals surface area (Å²) in [5, 5.41) is 12.2. The summed E-state index contributed by atoms with van der Waals surface area (Å²) in [7, 11) is 0. The summed E-state index contributed by atoms with van der Waals surface area (Å²) >= 11 is 0. The van der Waals surface area contributed by atoms with Gasteiger partial charge in [0, 0.05) is 13.2 Å². The molecule has 0 bridgehead atoms. The zero-order chi connectivity index (χ0) is 8.97. The smallest absolute Gasteiger partial charge is 0.0976 e. The third-order valence-electron chi connectivity index (χ3n) is 2.63. The van der Waals surface area contributed by atoms with Crippen molar-refractivity contribution in [1.82, 2.24) is 5.32 Å². The van der Waals surface area contributed by atoms with Crippen molar-refractivity contribution in [2.75, 3.05) is 19.7 Å². The molecular formula is C9H18FNO. The highest BCUT2D eigenvalue weighted by molar-refractivity contribution is 4.78. The quantitative estimate of drug-likeness (QED) is 0.669. The minimum absolute atomic E-state index is 0.185. The molecule has 2 N–H and O–H groups in total. The van der Waals surface area contributed by atoms with Crippen LogP contribution in [-0.4, -0.2) is 31.0 Å². The lowest BCUT2D eigenvalue weighted by Crippen LogP contribution is -2.39. The van der Waals surface area contributed by atoms with Crippen LogP contribution in [0.2, 0.25) is 0 Å². The summed E-state index contributed by atoms with van der Waals surface area (Å²) in [6.07, 6.45) is 0.869. The van der Waals surface area contributed by atoms with Crippen molar-refractivity contribution in [2.45, 2.75) is 25.9 Å². The molecule has 72 valence electrons. The van der Waals surface area contributed by atoms with Crippen LogP contribution in [0.4, 0.5) is 4.39 Å². The Morgan fingerprint density at radius 1 is 1.58 bits per heavy atom. The summed E-state index contributed by atoms with van der Waals surface area (Å²) in [5.41, 5.74) is 0. The second-order valence-corrected chi connectivity index (χ2v) is 3.71. The van der Waals surface area contributed by atoms with E-state index in [0.717, 1.165) is 19.5 Å². The predicted octanol–water partition coefficient (Wildman–Crippen LogP) is 0.952. The van der Waals surface area contributed by atoms with Crippen LogP contribution in [0.3, 0.4) is 0 Å². The van der Waals surface area contributed by atoms with Crippen LogP contribution in [0.1, 0.15) is 19.8 Å². The van der Waals surface area contributed by atoms with Gasteiger partial charge in [-0.15, -0.1) is 0 Å². The van der Waals surface area contributed by atoms with Gasteiger partial charge in [-0.1, -0.05) is 0 Å². The van der Waals surface area contributed by atoms with Gasteiger partial charge in [0.15, 0.2) is 0 Å². The fourth-order valence-electron chi connectivity index (χ4n) is 1.92. The SMILES string of the molecule is CC(F)CC1CCNCC1CO. The molecule has 2 nitrogen and oxygen atoms in total. The standard InChI is InChI=1S/C9H18FNO/c1-7(10)4-8-2-3-11-5-9(8)6-12/h7-9,11-12H,2-6H2,1H3. The van der Waals surface area contributed by atoms with E-state index in [1.807, 2.05) is 0 Å². The van der Waals surface area contributed by atoms with Gasteiger partial charge in [0.25, 0.3) is 0 Å². The number of rotatable bonds is 3. The molecule has 0 aromatic carbocycles. The highest BCUT2D eigenvalue weighted by Gasteiger charge is 2.25. The molecule has 1 aliphatic rings. The zero-order valence-electron chi connectivity index (χ0n) is 7.59. The summed E-state index contributed by atoms with van der Waals surface area (Å²) in [6.45, 7) is 3.59. The lowest BCUT2D eigenvalue weighted by molar-refractivity contribution is 0.121. The van der Waals surface area contributed by atoms with Gasteiger partial charge in [-0.3, -0.25) is 0 Å². The Balaban J connectivity index is 2.36. The van der Waals surface area contributed by atoms with Gasteiger partial charge < -0.3 is 10.4 Å². The van der Waals surface area contributed by atoms with Crippen LogP contribution < -0.4 is 5.32 Å². The Morgan fingerprint density at radius 3 is 2.92 bits per heavy atom. The summed E-state index contributed by atoms with van der Waals surface area (Å²) in [4.78, 5) is 0. The molecule has 0 aliphatic carbocycles. The van der Waals surface area contributed by atoms with E-state index in [0.29, 0.717) is 12.3 Å². The van der Waals surface area contributed by atoms with Crippen molar-refractivity contribution >= 4 is 0 Å². The van der Waals surface area contributed by atoms with Crippen molar-refractivity contribution < 1.29 is 9.50 Å². The zero-order valence-corrected chi connectivity index (χ0v) is 7.59. The summed E-state index contributed by atoms with van der Waals surface area (Å²) in [5.74, 6) is 0.633. The molecule has 0 amide bonds. The van der Waals surface area contributed by atoms with Crippen LogP contribution in [0.25, 0.3) is 0 Å². The first-order valence-corrected chi connectivity index (χ1v) is 4.69. The summed E-state index contributed by atoms with van der Waals surface area (Å²) in [6, 6.07) is 0. The van der Waals surface area contributed by atoms with Crippen LogP contribution in [0, 0.1) is 11.8 Å². The molecule has 0 radical (unpaired) electrons. The average Bonchev–Trinajstić information content (AvgIpc) is 2.04. The molecule has 12 heavy (non-hydrogen) atoms. The molecule has 3 heteroatoms. The van der Waals surface area contributed by atoms with E-state index in [4.69, 9.17) is 5.11 Å². The van der Waals surface area contributed by atoms with E-state index >= 15 is 0 Å². The maximum atomic E-state index is 12.7. The first kappa shape index (κ1) is 9.93. The molecule has 0 aromatic rings. The first-order chi connectivity index (χ1) is 5.74. The van der Waals surface area contributed by atoms with E-state index in [-0.39, 0.29) is 12.5 Å². The van der Waals surface area contributed by atoms with Crippen molar-refractivity contribution in [3.8, 4) is 0 Å². The van der Waals surface area contributed by atoms with E-state index < -0.39 is 6.17 Å². The number of nitrogens with one attached hydrogen (secondary N) is 1. The molecule has 0 saturated carbocycles. The van der Waals surface area contributed by atoms with Gasteiger partial charge in [0.05, 0.1) is 6.17 Å². The lowest BCUT2D eigenvalue weighted by Gasteiger charge is -2.31. The highest BCUT2D eigenvalue weighted by atomic mass is 19.1. The Kier molecular flexibility index (Phi) is 3.95. The Bertz CT molecular complexity index is 130. The normalized spacial score (nSPS) is 33.2. The van der Waals surface area contributed by atoms with Crippen molar-refractivity contribution in [3.63, 3.8) is 0 Å². The summed E-state index contributed by atoms with van der Waals surface area (Å²) < 4.78 is 12.7. The molecule has 3 unspecified atom stereocenters. The maximum Gasteiger partial charge on any atom is 0.0976 e. The van der Waals surface area contributed by atoms with Gasteiger partial charge in [-0.25, -0.2) is 4.39 Å². The number of hydrogen-bond acceptors (Lipinski definition) is 2. The minimum atomic E-state index is -0.734. The van der Waals surface area contributed by atoms with E-state index in [1.54, 1.807) is 6.92 Å². The van der Waals surface area contributed by atoms with Crippen LogP contribution in [-0.2, 0) is 0 Å². The molecule has 1 saturated heterocycles. The number of aliphatic hydroxyl groups is 1. The molecular weight excluding hydrogens is 157 g/mol. The van der Waals surface area contributed by atoms with Crippen LogP contribution in [0.5, 0.6) is 0 Å². The molecule has 0 aromatic heterocycles. The largest absolute Gasteiger partial charge is 0.396 e. The second-order valence-electron chi connectivity index (χ2n) is 3.71. The van der Waals surface area contributed by atoms with E-state index in [1.165, 1.54) is 0 Å². The first-order valence-electron chi connectivity index (χ1n) is 4.69. The fourth-order valence-corrected chi connectivity index (χ4v) is 1.92. The van der Waals surface area contributed by atoms with Crippen molar-refractivity contribution in [2.24, 2.45) is 11.8 Å². The molecule has 1 fully saturated rings. The Labute approximate surface area is 73.2 Å². The maximum absolute atomic E-state index is 12.7. The van der Waals surface area contributed by atoms with E-state index in [9.17, 15) is 4.39 Å². The van der Waals surface area contributed by atoms with Gasteiger partial charge in [-0.2, -0.15) is 0 Å². The van der Waals surface area contributed by atoms with Gasteiger partial charge in [0.2, 0.25) is 0 Å². The molecule has 1 heterocycles. The van der Waals surface area contributed by atoms with E-state index in [2.05, 4.69) is 5.32 Å². The lowest BCUT2D eigenvalue weighted by atomic mass is 9.83. The highest BCUT2D eigenvalue weighted by Crippen LogP contribution is 2.24. The molecule has 0 spiro atoms. The van der Waals surface area contributed by atoms with Crippen molar-refractivity contribution in [1.29, 1.82) is 0 Å². The van der Waals surface area contributed by atoms with Crippen LogP contribution >= 0.6 is 0 Å². The number of piperidine rings is 1. The van der Waals surface area contributed by atoms with Gasteiger partial charge >= 0.3 is 0 Å². The topological polar surface area (TPSA) is 32.3 Å². The minimum Gasteiger partial charge on any atom is -0.396 e. The number of hydrogen-bond donors (Lipinski definition) is 2.